The fourth-order valence-electron chi connectivity index (χ4n) is 3.08. The molecule has 0 unspecified atom stereocenters. The van der Waals surface area contributed by atoms with Gasteiger partial charge in [-0.25, -0.2) is 0 Å². The molecular formula is C24H18BrCl2NO. The second kappa shape index (κ2) is 9.50. The molecule has 0 fully saturated rings. The van der Waals surface area contributed by atoms with Crippen LogP contribution < -0.4 is 4.74 Å². The van der Waals surface area contributed by atoms with E-state index in [-0.39, 0.29) is 0 Å². The lowest BCUT2D eigenvalue weighted by Crippen LogP contribution is -1.99. The molecule has 2 nitrogen and oxygen atoms in total. The lowest BCUT2D eigenvalue weighted by molar-refractivity contribution is 0.302. The van der Waals surface area contributed by atoms with E-state index in [2.05, 4.69) is 22.0 Å². The number of benzene rings is 3. The van der Waals surface area contributed by atoms with Crippen molar-refractivity contribution in [1.82, 2.24) is 0 Å². The van der Waals surface area contributed by atoms with Gasteiger partial charge in [-0.05, 0) is 84.1 Å². The first-order valence-corrected chi connectivity index (χ1v) is 10.5. The van der Waals surface area contributed by atoms with Crippen LogP contribution in [0.3, 0.4) is 0 Å². The highest BCUT2D eigenvalue weighted by Gasteiger charge is 2.09. The van der Waals surface area contributed by atoms with Crippen LogP contribution in [0.15, 0.2) is 59.1 Å². The summed E-state index contributed by atoms with van der Waals surface area (Å²) in [6, 6.07) is 19.5. The van der Waals surface area contributed by atoms with E-state index in [9.17, 15) is 5.26 Å². The normalized spacial score (nSPS) is 11.2. The smallest absolute Gasteiger partial charge is 0.125 e. The van der Waals surface area contributed by atoms with Gasteiger partial charge in [0, 0.05) is 4.47 Å². The van der Waals surface area contributed by atoms with Crippen LogP contribution in [0, 0.1) is 25.2 Å². The van der Waals surface area contributed by atoms with Gasteiger partial charge in [0.25, 0.3) is 0 Å². The molecule has 0 aliphatic rings. The van der Waals surface area contributed by atoms with E-state index < -0.39 is 0 Å². The minimum absolute atomic E-state index is 0.398. The van der Waals surface area contributed by atoms with Crippen LogP contribution in [0.1, 0.15) is 27.8 Å². The van der Waals surface area contributed by atoms with E-state index >= 15 is 0 Å². The molecule has 5 heteroatoms. The summed E-state index contributed by atoms with van der Waals surface area (Å²) in [5.41, 5.74) is 5.39. The number of nitriles is 1. The van der Waals surface area contributed by atoms with Gasteiger partial charge in [0.2, 0.25) is 0 Å². The summed E-state index contributed by atoms with van der Waals surface area (Å²) in [7, 11) is 0. The maximum absolute atomic E-state index is 9.60. The Hall–Kier alpha value is -2.25. The molecule has 0 N–H and O–H groups in total. The molecule has 3 aromatic rings. The van der Waals surface area contributed by atoms with Gasteiger partial charge in [-0.15, -0.1) is 0 Å². The summed E-state index contributed by atoms with van der Waals surface area (Å²) in [5, 5.41) is 10.6. The van der Waals surface area contributed by atoms with E-state index in [1.54, 1.807) is 6.07 Å². The van der Waals surface area contributed by atoms with Crippen LogP contribution in [0.2, 0.25) is 10.0 Å². The van der Waals surface area contributed by atoms with Crippen molar-refractivity contribution < 1.29 is 4.74 Å². The van der Waals surface area contributed by atoms with Gasteiger partial charge in [-0.3, -0.25) is 0 Å². The monoisotopic (exact) mass is 485 g/mol. The maximum atomic E-state index is 9.60. The summed E-state index contributed by atoms with van der Waals surface area (Å²) in [6.45, 7) is 4.40. The molecule has 0 saturated heterocycles. The predicted molar refractivity (Wildman–Crippen MR) is 124 cm³/mol. The Labute approximate surface area is 189 Å². The van der Waals surface area contributed by atoms with E-state index in [4.69, 9.17) is 27.9 Å². The second-order valence-corrected chi connectivity index (χ2v) is 8.43. The number of halogens is 3. The highest BCUT2D eigenvalue weighted by Crippen LogP contribution is 2.29. The van der Waals surface area contributed by atoms with Crippen LogP contribution >= 0.6 is 39.1 Å². The lowest BCUT2D eigenvalue weighted by Gasteiger charge is -2.14. The minimum atomic E-state index is 0.398. The SMILES string of the molecule is Cc1cc(/C=C(\C#N)c2cccc(Br)c2)cc(C)c1OCc1ccc(Cl)c(Cl)c1. The van der Waals surface area contributed by atoms with E-state index in [1.165, 1.54) is 0 Å². The third kappa shape index (κ3) is 5.42. The van der Waals surface area contributed by atoms with Gasteiger partial charge in [-0.2, -0.15) is 5.26 Å². The zero-order chi connectivity index (χ0) is 21.0. The van der Waals surface area contributed by atoms with Crippen LogP contribution in [0.4, 0.5) is 0 Å². The number of hydrogen-bond donors (Lipinski definition) is 0. The van der Waals surface area contributed by atoms with Crippen LogP contribution in [0.5, 0.6) is 5.75 Å². The zero-order valence-corrected chi connectivity index (χ0v) is 19.1. The van der Waals surface area contributed by atoms with Crippen LogP contribution in [-0.2, 0) is 6.61 Å². The van der Waals surface area contributed by atoms with Crippen molar-refractivity contribution in [2.24, 2.45) is 0 Å². The Morgan fingerprint density at radius 2 is 1.76 bits per heavy atom. The van der Waals surface area contributed by atoms with Crippen LogP contribution in [-0.4, -0.2) is 0 Å². The molecule has 0 saturated carbocycles. The standard InChI is InChI=1S/C24H18BrCl2NO/c1-15-8-18(10-20(13-28)19-4-3-5-21(25)12-19)9-16(2)24(15)29-14-17-6-7-22(26)23(27)11-17/h3-12H,14H2,1-2H3/b20-10+. The molecule has 0 aliphatic carbocycles. The molecule has 0 atom stereocenters. The quantitative estimate of drug-likeness (QED) is 0.270. The minimum Gasteiger partial charge on any atom is -0.488 e. The summed E-state index contributed by atoms with van der Waals surface area (Å²) < 4.78 is 6.98. The molecular weight excluding hydrogens is 469 g/mol. The third-order valence-electron chi connectivity index (χ3n) is 4.42. The van der Waals surface area contributed by atoms with Gasteiger partial charge < -0.3 is 4.74 Å². The van der Waals surface area contributed by atoms with Gasteiger partial charge in [0.05, 0.1) is 21.7 Å². The zero-order valence-electron chi connectivity index (χ0n) is 16.0. The highest BCUT2D eigenvalue weighted by atomic mass is 79.9. The van der Waals surface area contributed by atoms with Crippen molar-refractivity contribution in [1.29, 1.82) is 5.26 Å². The average Bonchev–Trinajstić information content (AvgIpc) is 2.68. The van der Waals surface area contributed by atoms with E-state index in [0.717, 1.165) is 38.0 Å². The summed E-state index contributed by atoms with van der Waals surface area (Å²) in [4.78, 5) is 0. The molecule has 0 amide bonds. The van der Waals surface area contributed by atoms with Gasteiger partial charge in [-0.1, -0.05) is 57.3 Å². The number of nitrogens with zero attached hydrogens (tertiary/aromatic N) is 1. The fraction of sp³-hybridized carbons (Fsp3) is 0.125. The lowest BCUT2D eigenvalue weighted by atomic mass is 10.0. The third-order valence-corrected chi connectivity index (χ3v) is 5.65. The Morgan fingerprint density at radius 1 is 1.03 bits per heavy atom. The molecule has 0 heterocycles. The van der Waals surface area contributed by atoms with Crippen molar-refractivity contribution in [3.8, 4) is 11.8 Å². The van der Waals surface area contributed by atoms with Gasteiger partial charge in [0.15, 0.2) is 0 Å². The van der Waals surface area contributed by atoms with Crippen molar-refractivity contribution >= 4 is 50.8 Å². The molecule has 3 aromatic carbocycles. The van der Waals surface area contributed by atoms with E-state index in [0.29, 0.717) is 22.2 Å². The summed E-state index contributed by atoms with van der Waals surface area (Å²) >= 11 is 15.5. The first-order valence-electron chi connectivity index (χ1n) is 8.93. The number of hydrogen-bond acceptors (Lipinski definition) is 2. The summed E-state index contributed by atoms with van der Waals surface area (Å²) in [6.07, 6.45) is 1.89. The number of allylic oxidation sites excluding steroid dienone is 1. The second-order valence-electron chi connectivity index (χ2n) is 6.70. The molecule has 29 heavy (non-hydrogen) atoms. The Balaban J connectivity index is 1.85. The van der Waals surface area contributed by atoms with Gasteiger partial charge in [0.1, 0.15) is 12.4 Å². The van der Waals surface area contributed by atoms with E-state index in [1.807, 2.05) is 68.5 Å². The molecule has 146 valence electrons. The Bertz CT molecular complexity index is 1110. The number of aryl methyl sites for hydroxylation is 2. The Kier molecular flexibility index (Phi) is 7.03. The van der Waals surface area contributed by atoms with Gasteiger partial charge >= 0.3 is 0 Å². The molecule has 0 aromatic heterocycles. The fourth-order valence-corrected chi connectivity index (χ4v) is 3.80. The number of ether oxygens (including phenoxy) is 1. The van der Waals surface area contributed by atoms with Crippen molar-refractivity contribution in [3.63, 3.8) is 0 Å². The number of rotatable bonds is 5. The predicted octanol–water partition coefficient (Wildman–Crippen LogP) is 8.02. The topological polar surface area (TPSA) is 33.0 Å². The molecule has 0 bridgehead atoms. The molecule has 0 spiro atoms. The largest absolute Gasteiger partial charge is 0.488 e. The molecule has 0 aliphatic heterocycles. The summed E-state index contributed by atoms with van der Waals surface area (Å²) in [5.74, 6) is 0.828. The maximum Gasteiger partial charge on any atom is 0.125 e. The van der Waals surface area contributed by atoms with Crippen molar-refractivity contribution in [3.05, 3.63) is 96.9 Å². The Morgan fingerprint density at radius 3 is 2.38 bits per heavy atom. The van der Waals surface area contributed by atoms with Crippen LogP contribution in [0.25, 0.3) is 11.6 Å². The van der Waals surface area contributed by atoms with Crippen molar-refractivity contribution in [2.45, 2.75) is 20.5 Å². The highest BCUT2D eigenvalue weighted by molar-refractivity contribution is 9.10. The average molecular weight is 487 g/mol. The molecule has 3 rings (SSSR count). The van der Waals surface area contributed by atoms with Crippen molar-refractivity contribution in [2.75, 3.05) is 0 Å². The molecule has 0 radical (unpaired) electrons. The first kappa shape index (κ1) is 21.5. The first-order chi connectivity index (χ1) is 13.9.